The highest BCUT2D eigenvalue weighted by atomic mass is 14.4. The van der Waals surface area contributed by atoms with Gasteiger partial charge in [-0.05, 0) is 49.9 Å². The Morgan fingerprint density at radius 1 is 0.950 bits per heavy atom. The van der Waals surface area contributed by atoms with Crippen LogP contribution in [-0.4, -0.2) is 0 Å². The monoisotopic (exact) mass is 276 g/mol. The van der Waals surface area contributed by atoms with Crippen LogP contribution in [0.3, 0.4) is 0 Å². The van der Waals surface area contributed by atoms with Crippen LogP contribution in [0.15, 0.2) is 36.5 Å². The van der Waals surface area contributed by atoms with Crippen molar-refractivity contribution in [3.8, 4) is 0 Å². The minimum atomic E-state index is 0.145. The van der Waals surface area contributed by atoms with E-state index in [-0.39, 0.29) is 10.8 Å². The second kappa shape index (κ2) is 7.29. The van der Waals surface area contributed by atoms with Gasteiger partial charge >= 0.3 is 0 Å². The van der Waals surface area contributed by atoms with Gasteiger partial charge in [0.2, 0.25) is 0 Å². The van der Waals surface area contributed by atoms with Gasteiger partial charge < -0.3 is 0 Å². The van der Waals surface area contributed by atoms with Crippen molar-refractivity contribution in [2.45, 2.75) is 74.1 Å². The molecule has 0 fully saturated rings. The van der Waals surface area contributed by atoms with E-state index in [4.69, 9.17) is 0 Å². The number of hydrogen-bond donors (Lipinski definition) is 0. The van der Waals surface area contributed by atoms with Crippen molar-refractivity contribution in [3.63, 3.8) is 0 Å². The average Bonchev–Trinajstić information content (AvgIpc) is 2.26. The van der Waals surface area contributed by atoms with Crippen molar-refractivity contribution in [1.29, 1.82) is 0 Å². The molecular weight excluding hydrogens is 240 g/mol. The van der Waals surface area contributed by atoms with Gasteiger partial charge in [-0.2, -0.15) is 0 Å². The van der Waals surface area contributed by atoms with E-state index in [1.165, 1.54) is 29.6 Å². The normalized spacial score (nSPS) is 13.9. The number of hydrogen-bond acceptors (Lipinski definition) is 0. The SMILES string of the molecule is C=C(C)CC(CC(=C)C(C)(C)C(C)(C)CCC)C(=C)C. The Morgan fingerprint density at radius 3 is 1.80 bits per heavy atom. The van der Waals surface area contributed by atoms with E-state index in [9.17, 15) is 0 Å². The Bertz CT molecular complexity index is 365. The summed E-state index contributed by atoms with van der Waals surface area (Å²) in [7, 11) is 0. The highest BCUT2D eigenvalue weighted by molar-refractivity contribution is 5.17. The molecule has 0 aromatic rings. The van der Waals surface area contributed by atoms with Crippen molar-refractivity contribution in [1.82, 2.24) is 0 Å². The molecule has 0 heteroatoms. The highest BCUT2D eigenvalue weighted by Gasteiger charge is 2.38. The van der Waals surface area contributed by atoms with Crippen LogP contribution in [0.25, 0.3) is 0 Å². The fourth-order valence-corrected chi connectivity index (χ4v) is 2.81. The summed E-state index contributed by atoms with van der Waals surface area (Å²) in [6.07, 6.45) is 4.51. The van der Waals surface area contributed by atoms with Crippen LogP contribution in [-0.2, 0) is 0 Å². The predicted molar refractivity (Wildman–Crippen MR) is 94.0 cm³/mol. The molecule has 1 unspecified atom stereocenters. The Labute approximate surface area is 128 Å². The highest BCUT2D eigenvalue weighted by Crippen LogP contribution is 2.49. The van der Waals surface area contributed by atoms with Crippen molar-refractivity contribution in [2.75, 3.05) is 0 Å². The zero-order valence-corrected chi connectivity index (χ0v) is 15.0. The van der Waals surface area contributed by atoms with Crippen LogP contribution in [0, 0.1) is 16.7 Å². The third-order valence-corrected chi connectivity index (χ3v) is 5.24. The van der Waals surface area contributed by atoms with Crippen LogP contribution >= 0.6 is 0 Å². The minimum Gasteiger partial charge on any atom is -0.100 e. The van der Waals surface area contributed by atoms with Gasteiger partial charge in [-0.3, -0.25) is 0 Å². The van der Waals surface area contributed by atoms with Gasteiger partial charge in [0.1, 0.15) is 0 Å². The van der Waals surface area contributed by atoms with Gasteiger partial charge in [0.15, 0.2) is 0 Å². The van der Waals surface area contributed by atoms with Crippen molar-refractivity contribution in [2.24, 2.45) is 16.7 Å². The predicted octanol–water partition coefficient (Wildman–Crippen LogP) is 6.94. The second-order valence-electron chi connectivity index (χ2n) is 7.77. The van der Waals surface area contributed by atoms with Crippen LogP contribution in [0.2, 0.25) is 0 Å². The van der Waals surface area contributed by atoms with Gasteiger partial charge in [0.25, 0.3) is 0 Å². The Balaban J connectivity index is 5.04. The summed E-state index contributed by atoms with van der Waals surface area (Å²) >= 11 is 0. The molecule has 0 bridgehead atoms. The van der Waals surface area contributed by atoms with Crippen LogP contribution in [0.5, 0.6) is 0 Å². The molecular formula is C20H36. The third-order valence-electron chi connectivity index (χ3n) is 5.24. The van der Waals surface area contributed by atoms with E-state index in [1.54, 1.807) is 0 Å². The smallest absolute Gasteiger partial charge is 0.00960 e. The van der Waals surface area contributed by atoms with Gasteiger partial charge in [0.05, 0.1) is 0 Å². The first-order chi connectivity index (χ1) is 8.95. The van der Waals surface area contributed by atoms with Crippen LogP contribution in [0.1, 0.15) is 74.1 Å². The molecule has 0 radical (unpaired) electrons. The standard InChI is InChI=1S/C20H36/c1-11-12-19(7,8)20(9,10)17(6)14-18(16(4)5)13-15(2)3/h18H,2,4,6,11-14H2,1,3,5,7-10H3. The molecule has 0 rings (SSSR count). The fraction of sp³-hybridized carbons (Fsp3) is 0.700. The molecule has 0 saturated carbocycles. The lowest BCUT2D eigenvalue weighted by molar-refractivity contribution is 0.131. The van der Waals surface area contributed by atoms with E-state index < -0.39 is 0 Å². The first-order valence-corrected chi connectivity index (χ1v) is 7.93. The zero-order valence-electron chi connectivity index (χ0n) is 15.0. The molecule has 0 aliphatic heterocycles. The summed E-state index contributed by atoms with van der Waals surface area (Å²) in [6.45, 7) is 28.6. The lowest BCUT2D eigenvalue weighted by Crippen LogP contribution is -2.34. The molecule has 20 heavy (non-hydrogen) atoms. The van der Waals surface area contributed by atoms with Crippen LogP contribution < -0.4 is 0 Å². The molecule has 0 spiro atoms. The van der Waals surface area contributed by atoms with Crippen molar-refractivity contribution >= 4 is 0 Å². The lowest BCUT2D eigenvalue weighted by atomic mass is 9.60. The zero-order chi connectivity index (χ0) is 16.1. The molecule has 0 aromatic carbocycles. The summed E-state index contributed by atoms with van der Waals surface area (Å²) in [6, 6.07) is 0. The van der Waals surface area contributed by atoms with Crippen molar-refractivity contribution < 1.29 is 0 Å². The van der Waals surface area contributed by atoms with Crippen molar-refractivity contribution in [3.05, 3.63) is 36.5 Å². The molecule has 0 aliphatic carbocycles. The first-order valence-electron chi connectivity index (χ1n) is 7.93. The number of allylic oxidation sites excluding steroid dienone is 3. The Morgan fingerprint density at radius 2 is 1.45 bits per heavy atom. The van der Waals surface area contributed by atoms with Crippen LogP contribution in [0.4, 0.5) is 0 Å². The minimum absolute atomic E-state index is 0.145. The summed E-state index contributed by atoms with van der Waals surface area (Å²) in [5.41, 5.74) is 4.26. The topological polar surface area (TPSA) is 0 Å². The first kappa shape index (κ1) is 19.2. The van der Waals surface area contributed by atoms with E-state index in [0.717, 1.165) is 12.8 Å². The number of rotatable bonds is 9. The summed E-state index contributed by atoms with van der Waals surface area (Å²) in [4.78, 5) is 0. The van der Waals surface area contributed by atoms with Gasteiger partial charge in [-0.1, -0.05) is 70.9 Å². The maximum Gasteiger partial charge on any atom is -0.00960 e. The molecule has 116 valence electrons. The van der Waals surface area contributed by atoms with E-state index >= 15 is 0 Å². The summed E-state index contributed by atoms with van der Waals surface area (Å²) < 4.78 is 0. The molecule has 0 nitrogen and oxygen atoms in total. The molecule has 0 heterocycles. The summed E-state index contributed by atoms with van der Waals surface area (Å²) in [5.74, 6) is 0.483. The molecule has 0 N–H and O–H groups in total. The molecule has 0 amide bonds. The maximum absolute atomic E-state index is 4.43. The Hall–Kier alpha value is -0.780. The molecule has 0 saturated heterocycles. The second-order valence-corrected chi connectivity index (χ2v) is 7.77. The lowest BCUT2D eigenvalue weighted by Gasteiger charge is -2.44. The quantitative estimate of drug-likeness (QED) is 0.400. The molecule has 1 atom stereocenters. The van der Waals surface area contributed by atoms with Gasteiger partial charge in [0, 0.05) is 0 Å². The summed E-state index contributed by atoms with van der Waals surface area (Å²) in [5, 5.41) is 0. The average molecular weight is 277 g/mol. The van der Waals surface area contributed by atoms with Gasteiger partial charge in [-0.25, -0.2) is 0 Å². The Kier molecular flexibility index (Phi) is 7.01. The third kappa shape index (κ3) is 4.96. The largest absolute Gasteiger partial charge is 0.100 e. The fourth-order valence-electron chi connectivity index (χ4n) is 2.81. The molecule has 0 aliphatic rings. The van der Waals surface area contributed by atoms with E-state index in [2.05, 4.69) is 68.2 Å². The maximum atomic E-state index is 4.43. The van der Waals surface area contributed by atoms with E-state index in [1.807, 2.05) is 0 Å². The van der Waals surface area contributed by atoms with Gasteiger partial charge in [-0.15, -0.1) is 6.58 Å². The van der Waals surface area contributed by atoms with E-state index in [0.29, 0.717) is 5.92 Å². The molecule has 0 aromatic heterocycles.